The zero-order valence-corrected chi connectivity index (χ0v) is 17.2. The maximum atomic E-state index is 12.5. The molecule has 4 heteroatoms. The largest absolute Gasteiger partial charge is 0.374 e. The van der Waals surface area contributed by atoms with E-state index in [2.05, 4.69) is 31.0 Å². The van der Waals surface area contributed by atoms with Crippen LogP contribution in [0.1, 0.15) is 56.1 Å². The van der Waals surface area contributed by atoms with Crippen molar-refractivity contribution in [2.24, 2.45) is 0 Å². The molecule has 0 radical (unpaired) electrons. The monoisotopic (exact) mass is 368 g/mol. The predicted molar refractivity (Wildman–Crippen MR) is 112 cm³/mol. The third kappa shape index (κ3) is 6.81. The van der Waals surface area contributed by atoms with Crippen molar-refractivity contribution in [3.8, 4) is 0 Å². The molecular weight excluding hydrogens is 336 g/mol. The van der Waals surface area contributed by atoms with E-state index < -0.39 is 0 Å². The number of amides is 1. The Morgan fingerprint density at radius 3 is 2.33 bits per heavy atom. The van der Waals surface area contributed by atoms with E-state index in [1.54, 1.807) is 0 Å². The van der Waals surface area contributed by atoms with E-state index in [1.807, 2.05) is 62.4 Å². The standard InChI is InChI=1S/C23H32N2O2/c1-6-25(17(2)3)15-19-10-12-21(13-11-19)23(26)24-22-9-7-8-20(14-22)16-27-18(4)5/h7-14,17-18H,6,15-16H2,1-5H3,(H,24,26). The van der Waals surface area contributed by atoms with Crippen LogP contribution in [-0.2, 0) is 17.9 Å². The van der Waals surface area contributed by atoms with Crippen molar-refractivity contribution in [2.75, 3.05) is 11.9 Å². The van der Waals surface area contributed by atoms with Crippen molar-refractivity contribution < 1.29 is 9.53 Å². The summed E-state index contributed by atoms with van der Waals surface area (Å²) in [4.78, 5) is 14.9. The molecule has 27 heavy (non-hydrogen) atoms. The van der Waals surface area contributed by atoms with E-state index in [0.29, 0.717) is 18.2 Å². The Morgan fingerprint density at radius 1 is 1.04 bits per heavy atom. The van der Waals surface area contributed by atoms with Crippen LogP contribution in [0.15, 0.2) is 48.5 Å². The summed E-state index contributed by atoms with van der Waals surface area (Å²) in [6.07, 6.45) is 0.182. The van der Waals surface area contributed by atoms with Gasteiger partial charge in [0, 0.05) is 23.8 Å². The Kier molecular flexibility index (Phi) is 8.01. The summed E-state index contributed by atoms with van der Waals surface area (Å²) in [7, 11) is 0. The maximum absolute atomic E-state index is 12.5. The number of carbonyl (C=O) groups excluding carboxylic acids is 1. The zero-order chi connectivity index (χ0) is 19.8. The van der Waals surface area contributed by atoms with Gasteiger partial charge in [-0.2, -0.15) is 0 Å². The van der Waals surface area contributed by atoms with Gasteiger partial charge in [-0.25, -0.2) is 0 Å². The smallest absolute Gasteiger partial charge is 0.255 e. The van der Waals surface area contributed by atoms with E-state index in [1.165, 1.54) is 5.56 Å². The van der Waals surface area contributed by atoms with Gasteiger partial charge in [-0.15, -0.1) is 0 Å². The minimum absolute atomic E-state index is 0.0975. The van der Waals surface area contributed by atoms with Crippen LogP contribution < -0.4 is 5.32 Å². The van der Waals surface area contributed by atoms with Crippen LogP contribution in [0.5, 0.6) is 0 Å². The third-order valence-electron chi connectivity index (χ3n) is 4.51. The molecule has 2 aromatic rings. The van der Waals surface area contributed by atoms with E-state index in [-0.39, 0.29) is 12.0 Å². The Labute approximate surface area is 163 Å². The number of anilines is 1. The van der Waals surface area contributed by atoms with E-state index >= 15 is 0 Å². The van der Waals surface area contributed by atoms with Gasteiger partial charge in [0.25, 0.3) is 5.91 Å². The van der Waals surface area contributed by atoms with Gasteiger partial charge in [-0.1, -0.05) is 31.2 Å². The number of rotatable bonds is 9. The van der Waals surface area contributed by atoms with Crippen LogP contribution in [0, 0.1) is 0 Å². The van der Waals surface area contributed by atoms with Gasteiger partial charge in [0.1, 0.15) is 0 Å². The van der Waals surface area contributed by atoms with Gasteiger partial charge in [-0.05, 0) is 69.6 Å². The molecular formula is C23H32N2O2. The predicted octanol–water partition coefficient (Wildman–Crippen LogP) is 5.09. The summed E-state index contributed by atoms with van der Waals surface area (Å²) in [6, 6.07) is 16.1. The molecule has 0 aliphatic heterocycles. The van der Waals surface area contributed by atoms with Gasteiger partial charge in [0.05, 0.1) is 12.7 Å². The Hall–Kier alpha value is -2.17. The quantitative estimate of drug-likeness (QED) is 0.670. The topological polar surface area (TPSA) is 41.6 Å². The summed E-state index contributed by atoms with van der Waals surface area (Å²) in [5.41, 5.74) is 3.71. The van der Waals surface area contributed by atoms with Crippen molar-refractivity contribution in [3.63, 3.8) is 0 Å². The molecule has 0 aliphatic rings. The molecule has 0 aromatic heterocycles. The highest BCUT2D eigenvalue weighted by molar-refractivity contribution is 6.04. The van der Waals surface area contributed by atoms with Crippen molar-refractivity contribution in [2.45, 2.75) is 59.9 Å². The summed E-state index contributed by atoms with van der Waals surface area (Å²) in [5, 5.41) is 2.97. The minimum atomic E-state index is -0.0975. The Balaban J connectivity index is 1.99. The fourth-order valence-electron chi connectivity index (χ4n) is 2.86. The van der Waals surface area contributed by atoms with Gasteiger partial charge in [-0.3, -0.25) is 9.69 Å². The molecule has 1 N–H and O–H groups in total. The highest BCUT2D eigenvalue weighted by Crippen LogP contribution is 2.15. The first-order valence-corrected chi connectivity index (χ1v) is 9.74. The molecule has 1 amide bonds. The molecule has 0 saturated heterocycles. The first-order chi connectivity index (χ1) is 12.9. The maximum Gasteiger partial charge on any atom is 0.255 e. The molecule has 0 atom stereocenters. The van der Waals surface area contributed by atoms with Crippen LogP contribution in [-0.4, -0.2) is 29.5 Å². The molecule has 146 valence electrons. The van der Waals surface area contributed by atoms with Crippen LogP contribution >= 0.6 is 0 Å². The highest BCUT2D eigenvalue weighted by Gasteiger charge is 2.10. The van der Waals surface area contributed by atoms with Crippen molar-refractivity contribution in [1.82, 2.24) is 4.90 Å². The zero-order valence-electron chi connectivity index (χ0n) is 17.2. The number of hydrogen-bond acceptors (Lipinski definition) is 3. The lowest BCUT2D eigenvalue weighted by molar-refractivity contribution is 0.0657. The number of hydrogen-bond donors (Lipinski definition) is 1. The minimum Gasteiger partial charge on any atom is -0.374 e. The summed E-state index contributed by atoms with van der Waals surface area (Å²) < 4.78 is 5.63. The normalized spacial score (nSPS) is 11.4. The first-order valence-electron chi connectivity index (χ1n) is 9.74. The van der Waals surface area contributed by atoms with Crippen LogP contribution in [0.4, 0.5) is 5.69 Å². The van der Waals surface area contributed by atoms with Gasteiger partial charge < -0.3 is 10.1 Å². The second-order valence-corrected chi connectivity index (χ2v) is 7.37. The molecule has 4 nitrogen and oxygen atoms in total. The number of nitrogens with zero attached hydrogens (tertiary/aromatic N) is 1. The second-order valence-electron chi connectivity index (χ2n) is 7.37. The lowest BCUT2D eigenvalue weighted by Gasteiger charge is -2.24. The van der Waals surface area contributed by atoms with E-state index in [0.717, 1.165) is 24.3 Å². The van der Waals surface area contributed by atoms with Crippen LogP contribution in [0.2, 0.25) is 0 Å². The lowest BCUT2D eigenvalue weighted by Crippen LogP contribution is -2.29. The van der Waals surface area contributed by atoms with Crippen molar-refractivity contribution in [1.29, 1.82) is 0 Å². The van der Waals surface area contributed by atoms with Crippen molar-refractivity contribution >= 4 is 11.6 Å². The molecule has 0 saturated carbocycles. The highest BCUT2D eigenvalue weighted by atomic mass is 16.5. The molecule has 0 bridgehead atoms. The van der Waals surface area contributed by atoms with Gasteiger partial charge in [0.15, 0.2) is 0 Å². The number of ether oxygens (including phenoxy) is 1. The van der Waals surface area contributed by atoms with Gasteiger partial charge >= 0.3 is 0 Å². The fourth-order valence-corrected chi connectivity index (χ4v) is 2.86. The summed E-state index contributed by atoms with van der Waals surface area (Å²) in [5.74, 6) is -0.0975. The van der Waals surface area contributed by atoms with Gasteiger partial charge in [0.2, 0.25) is 0 Å². The molecule has 0 fully saturated rings. The Bertz CT molecular complexity index is 723. The SMILES string of the molecule is CCN(Cc1ccc(C(=O)Nc2cccc(COC(C)C)c2)cc1)C(C)C. The molecule has 2 rings (SSSR count). The van der Waals surface area contributed by atoms with Crippen LogP contribution in [0.25, 0.3) is 0 Å². The molecule has 0 heterocycles. The average Bonchev–Trinajstić information content (AvgIpc) is 2.65. The van der Waals surface area contributed by atoms with Crippen molar-refractivity contribution in [3.05, 3.63) is 65.2 Å². The lowest BCUT2D eigenvalue weighted by atomic mass is 10.1. The van der Waals surface area contributed by atoms with E-state index in [9.17, 15) is 4.79 Å². The molecule has 0 aliphatic carbocycles. The molecule has 2 aromatic carbocycles. The van der Waals surface area contributed by atoms with Crippen LogP contribution in [0.3, 0.4) is 0 Å². The number of carbonyl (C=O) groups is 1. The first kappa shape index (κ1) is 21.1. The second kappa shape index (κ2) is 10.2. The number of benzene rings is 2. The fraction of sp³-hybridized carbons (Fsp3) is 0.435. The number of nitrogens with one attached hydrogen (secondary N) is 1. The molecule has 0 unspecified atom stereocenters. The Morgan fingerprint density at radius 2 is 1.74 bits per heavy atom. The third-order valence-corrected chi connectivity index (χ3v) is 4.51. The average molecular weight is 369 g/mol. The van der Waals surface area contributed by atoms with E-state index in [4.69, 9.17) is 4.74 Å². The summed E-state index contributed by atoms with van der Waals surface area (Å²) >= 11 is 0. The summed E-state index contributed by atoms with van der Waals surface area (Å²) in [6.45, 7) is 13.0. The molecule has 0 spiro atoms.